The molecule has 0 aliphatic carbocycles. The number of benzene rings is 1. The summed E-state index contributed by atoms with van der Waals surface area (Å²) in [5.41, 5.74) is -0.954. The zero-order valence-corrected chi connectivity index (χ0v) is 24.1. The van der Waals surface area contributed by atoms with Crippen LogP contribution in [0.5, 0.6) is 5.75 Å². The molecule has 0 saturated carbocycles. The molecule has 13 nitrogen and oxygen atoms in total. The van der Waals surface area contributed by atoms with Gasteiger partial charge in [-0.15, -0.1) is 0 Å². The Morgan fingerprint density at radius 2 is 1.74 bits per heavy atom. The Balaban J connectivity index is 2.05. The molecule has 1 heterocycles. The number of esters is 2. The third-order valence-electron chi connectivity index (χ3n) is 5.39. The van der Waals surface area contributed by atoms with Crippen LogP contribution in [-0.4, -0.2) is 69.1 Å². The third kappa shape index (κ3) is 10.2. The van der Waals surface area contributed by atoms with Crippen LogP contribution < -0.4 is 15.2 Å². The number of alkyl carbamates (subject to hydrolysis) is 1. The minimum atomic E-state index is -4.18. The summed E-state index contributed by atoms with van der Waals surface area (Å²) in [5, 5.41) is 5.06. The number of phosphoric ester groups is 1. The minimum absolute atomic E-state index is 0.0181. The maximum Gasteiger partial charge on any atom is 0.530 e. The second-order valence-electron chi connectivity index (χ2n) is 10.5. The number of carbonyl (C=O) groups excluding carboxylic acids is 4. The van der Waals surface area contributed by atoms with Crippen molar-refractivity contribution in [2.45, 2.75) is 65.2 Å². The Bertz CT molecular complexity index is 1080. The van der Waals surface area contributed by atoms with Crippen molar-refractivity contribution < 1.29 is 51.5 Å². The molecule has 2 N–H and O–H groups in total. The van der Waals surface area contributed by atoms with E-state index >= 15 is 0 Å². The fraction of sp³-hybridized carbons (Fsp3) is 0.600. The van der Waals surface area contributed by atoms with Gasteiger partial charge in [-0.1, -0.05) is 26.0 Å². The smallest absolute Gasteiger partial charge is 0.469 e. The van der Waals surface area contributed by atoms with Gasteiger partial charge in [0, 0.05) is 18.4 Å². The topological polar surface area (TPSA) is 165 Å². The van der Waals surface area contributed by atoms with E-state index in [1.807, 2.05) is 0 Å². The average Bonchev–Trinajstić information content (AvgIpc) is 2.84. The number of phosphoric acid groups is 1. The second kappa shape index (κ2) is 13.3. The minimum Gasteiger partial charge on any atom is -0.469 e. The van der Waals surface area contributed by atoms with Gasteiger partial charge in [-0.05, 0) is 38.5 Å². The molecule has 0 aromatic heterocycles. The van der Waals surface area contributed by atoms with E-state index in [1.54, 1.807) is 46.8 Å². The van der Waals surface area contributed by atoms with Crippen LogP contribution in [0, 0.1) is 5.41 Å². The Hall–Kier alpha value is -3.15. The van der Waals surface area contributed by atoms with Crippen LogP contribution in [0.15, 0.2) is 24.3 Å². The van der Waals surface area contributed by atoms with E-state index in [2.05, 4.69) is 15.4 Å². The number of carbonyl (C=O) groups is 4. The molecular weight excluding hydrogens is 535 g/mol. The first-order valence-electron chi connectivity index (χ1n) is 12.2. The predicted octanol–water partition coefficient (Wildman–Crippen LogP) is 2.90. The Kier molecular flexibility index (Phi) is 10.9. The van der Waals surface area contributed by atoms with Gasteiger partial charge in [0.05, 0.1) is 27.2 Å². The van der Waals surface area contributed by atoms with Crippen molar-refractivity contribution in [2.75, 3.05) is 27.4 Å². The number of nitrogens with one attached hydrogen (secondary N) is 2. The molecule has 2 amide bonds. The lowest BCUT2D eigenvalue weighted by molar-refractivity contribution is -0.143. The molecule has 1 aliphatic rings. The van der Waals surface area contributed by atoms with Crippen molar-refractivity contribution in [1.29, 1.82) is 0 Å². The summed E-state index contributed by atoms with van der Waals surface area (Å²) in [4.78, 5) is 48.3. The molecule has 218 valence electrons. The maximum atomic E-state index is 13.2. The van der Waals surface area contributed by atoms with E-state index in [0.717, 1.165) is 0 Å². The van der Waals surface area contributed by atoms with Crippen LogP contribution in [0.1, 0.15) is 46.6 Å². The number of methoxy groups -OCH3 is 2. The Morgan fingerprint density at radius 3 is 2.31 bits per heavy atom. The molecule has 39 heavy (non-hydrogen) atoms. The van der Waals surface area contributed by atoms with Crippen LogP contribution in [0.25, 0.3) is 0 Å². The van der Waals surface area contributed by atoms with Gasteiger partial charge >= 0.3 is 25.9 Å². The molecule has 1 fully saturated rings. The lowest BCUT2D eigenvalue weighted by atomic mass is 9.87. The molecular formula is C25H37N2O11P. The quantitative estimate of drug-likeness (QED) is 0.241. The summed E-state index contributed by atoms with van der Waals surface area (Å²) in [5.74, 6) is -1.59. The van der Waals surface area contributed by atoms with Gasteiger partial charge in [0.25, 0.3) is 5.91 Å². The first-order valence-corrected chi connectivity index (χ1v) is 13.7. The van der Waals surface area contributed by atoms with Crippen LogP contribution in [0.4, 0.5) is 4.79 Å². The zero-order chi connectivity index (χ0) is 29.4. The first kappa shape index (κ1) is 32.1. The highest BCUT2D eigenvalue weighted by Crippen LogP contribution is 2.56. The van der Waals surface area contributed by atoms with Crippen LogP contribution in [0.2, 0.25) is 0 Å². The van der Waals surface area contributed by atoms with Gasteiger partial charge in [-0.25, -0.2) is 14.2 Å². The average molecular weight is 573 g/mol. The fourth-order valence-electron chi connectivity index (χ4n) is 3.39. The molecule has 2 rings (SSSR count). The Morgan fingerprint density at radius 1 is 1.10 bits per heavy atom. The summed E-state index contributed by atoms with van der Waals surface area (Å²) in [6.45, 7) is 8.44. The van der Waals surface area contributed by atoms with Crippen LogP contribution in [-0.2, 0) is 48.6 Å². The standard InChI is InChI=1S/C25H37N2O11P/c1-24(2,3)36-23(31)27-18(22(30)34-7)14-16-8-10-17(11-9-16)37-39(32)35-15-25(4,5)20(38-39)21(29)26-13-12-19(28)33-6/h8-11,18,20H,12-15H2,1-7H3,(H,26,29)(H,27,31)/t18-,20-,39-/m0/s1. The normalized spacial score (nSPS) is 21.2. The highest BCUT2D eigenvalue weighted by molar-refractivity contribution is 7.49. The van der Waals surface area contributed by atoms with Gasteiger partial charge in [0.15, 0.2) is 6.10 Å². The van der Waals surface area contributed by atoms with E-state index in [9.17, 15) is 23.7 Å². The fourth-order valence-corrected chi connectivity index (χ4v) is 5.06. The first-order chi connectivity index (χ1) is 18.1. The van der Waals surface area contributed by atoms with Gasteiger partial charge in [0.2, 0.25) is 0 Å². The maximum absolute atomic E-state index is 13.2. The molecule has 1 aliphatic heterocycles. The van der Waals surface area contributed by atoms with E-state index in [4.69, 9.17) is 23.0 Å². The summed E-state index contributed by atoms with van der Waals surface area (Å²) >= 11 is 0. The summed E-state index contributed by atoms with van der Waals surface area (Å²) < 4.78 is 44.2. The number of hydrogen-bond donors (Lipinski definition) is 2. The number of rotatable bonds is 10. The van der Waals surface area contributed by atoms with Crippen LogP contribution in [0.3, 0.4) is 0 Å². The largest absolute Gasteiger partial charge is 0.530 e. The highest BCUT2D eigenvalue weighted by atomic mass is 31.2. The molecule has 14 heteroatoms. The molecule has 3 atom stereocenters. The lowest BCUT2D eigenvalue weighted by Crippen LogP contribution is -2.50. The van der Waals surface area contributed by atoms with Gasteiger partial charge < -0.3 is 29.4 Å². The van der Waals surface area contributed by atoms with Crippen molar-refractivity contribution in [3.8, 4) is 5.75 Å². The van der Waals surface area contributed by atoms with Crippen LogP contribution >= 0.6 is 7.82 Å². The van der Waals surface area contributed by atoms with Crippen molar-refractivity contribution >= 4 is 31.8 Å². The monoisotopic (exact) mass is 572 g/mol. The lowest BCUT2D eigenvalue weighted by Gasteiger charge is -2.39. The van der Waals surface area contributed by atoms with Gasteiger partial charge in [0.1, 0.15) is 17.4 Å². The molecule has 0 bridgehead atoms. The number of ether oxygens (including phenoxy) is 3. The Labute approximate surface area is 227 Å². The van der Waals surface area contributed by atoms with E-state index in [1.165, 1.54) is 26.4 Å². The molecule has 1 saturated heterocycles. The highest BCUT2D eigenvalue weighted by Gasteiger charge is 2.50. The molecule has 0 spiro atoms. The van der Waals surface area contributed by atoms with E-state index in [-0.39, 0.29) is 31.7 Å². The molecule has 1 aromatic carbocycles. The van der Waals surface area contributed by atoms with Crippen molar-refractivity contribution in [2.24, 2.45) is 5.41 Å². The summed E-state index contributed by atoms with van der Waals surface area (Å²) in [6, 6.07) is 5.14. The predicted molar refractivity (Wildman–Crippen MR) is 138 cm³/mol. The van der Waals surface area contributed by atoms with Crippen molar-refractivity contribution in [1.82, 2.24) is 10.6 Å². The van der Waals surface area contributed by atoms with Gasteiger partial charge in [-0.3, -0.25) is 18.6 Å². The molecule has 0 unspecified atom stereocenters. The summed E-state index contributed by atoms with van der Waals surface area (Å²) in [6.07, 6.45) is -1.89. The molecule has 0 radical (unpaired) electrons. The zero-order valence-electron chi connectivity index (χ0n) is 23.2. The van der Waals surface area contributed by atoms with E-state index in [0.29, 0.717) is 5.56 Å². The third-order valence-corrected chi connectivity index (χ3v) is 6.74. The van der Waals surface area contributed by atoms with Crippen molar-refractivity contribution in [3.63, 3.8) is 0 Å². The second-order valence-corrected chi connectivity index (χ2v) is 12.0. The number of amides is 2. The number of hydrogen-bond acceptors (Lipinski definition) is 11. The SMILES string of the molecule is COC(=O)CCNC(=O)[C@@H]1O[P@](=O)(Oc2ccc(C[C@H](NC(=O)OC(C)(C)C)C(=O)OC)cc2)OCC1(C)C. The van der Waals surface area contributed by atoms with E-state index < -0.39 is 54.9 Å². The molecule has 1 aromatic rings. The summed E-state index contributed by atoms with van der Waals surface area (Å²) in [7, 11) is -1.73. The van der Waals surface area contributed by atoms with Crippen molar-refractivity contribution in [3.05, 3.63) is 29.8 Å². The van der Waals surface area contributed by atoms with Gasteiger partial charge in [-0.2, -0.15) is 0 Å².